The molecule has 2 heterocycles. The Kier molecular flexibility index (Phi) is 4.51. The van der Waals surface area contributed by atoms with Gasteiger partial charge in [-0.25, -0.2) is 12.7 Å². The van der Waals surface area contributed by atoms with Gasteiger partial charge in [0.1, 0.15) is 0 Å². The summed E-state index contributed by atoms with van der Waals surface area (Å²) in [5.41, 5.74) is 0.951. The van der Waals surface area contributed by atoms with E-state index >= 15 is 0 Å². The van der Waals surface area contributed by atoms with Crippen molar-refractivity contribution in [2.75, 3.05) is 19.3 Å². The molecule has 1 fully saturated rings. The highest BCUT2D eigenvalue weighted by Gasteiger charge is 2.29. The highest BCUT2D eigenvalue weighted by molar-refractivity contribution is 14.1. The van der Waals surface area contributed by atoms with Crippen molar-refractivity contribution in [2.24, 2.45) is 0 Å². The average molecular weight is 433 g/mol. The first-order valence-corrected chi connectivity index (χ1v) is 9.91. The molecule has 0 spiro atoms. The summed E-state index contributed by atoms with van der Waals surface area (Å²) >= 11 is 2.24. The number of rotatable bonds is 3. The van der Waals surface area contributed by atoms with Crippen LogP contribution in [0, 0.1) is 3.57 Å². The molecule has 8 heteroatoms. The lowest BCUT2D eigenvalue weighted by molar-refractivity contribution is 0.271. The maximum absolute atomic E-state index is 11.5. The third-order valence-electron chi connectivity index (χ3n) is 3.83. The first-order chi connectivity index (χ1) is 10.4. The molecule has 0 N–H and O–H groups in total. The quantitative estimate of drug-likeness (QED) is 0.696. The van der Waals surface area contributed by atoms with Crippen LogP contribution in [-0.4, -0.2) is 42.2 Å². The second-order valence-electron chi connectivity index (χ2n) is 5.37. The molecule has 0 amide bonds. The van der Waals surface area contributed by atoms with Gasteiger partial charge in [0, 0.05) is 28.1 Å². The van der Waals surface area contributed by atoms with Gasteiger partial charge in [0.2, 0.25) is 21.7 Å². The van der Waals surface area contributed by atoms with E-state index in [1.165, 1.54) is 10.6 Å². The highest BCUT2D eigenvalue weighted by Crippen LogP contribution is 2.30. The normalized spacial score (nSPS) is 17.7. The molecule has 0 radical (unpaired) electrons. The SMILES string of the molecule is CS(=O)(=O)N1CCC(c2nc(-c3ccccc3I)no2)CC1. The highest BCUT2D eigenvalue weighted by atomic mass is 127. The Morgan fingerprint density at radius 2 is 1.95 bits per heavy atom. The van der Waals surface area contributed by atoms with Crippen LogP contribution in [-0.2, 0) is 10.0 Å². The zero-order valence-corrected chi connectivity index (χ0v) is 15.0. The maximum Gasteiger partial charge on any atom is 0.230 e. The number of benzene rings is 1. The summed E-state index contributed by atoms with van der Waals surface area (Å²) in [6, 6.07) is 7.87. The molecule has 1 aliphatic heterocycles. The van der Waals surface area contributed by atoms with Gasteiger partial charge in [-0.05, 0) is 47.6 Å². The van der Waals surface area contributed by atoms with Gasteiger partial charge in [0.15, 0.2) is 0 Å². The van der Waals surface area contributed by atoms with E-state index in [1.807, 2.05) is 24.3 Å². The summed E-state index contributed by atoms with van der Waals surface area (Å²) < 4.78 is 31.0. The van der Waals surface area contributed by atoms with Crippen molar-refractivity contribution in [2.45, 2.75) is 18.8 Å². The predicted octanol–water partition coefficient (Wildman–Crippen LogP) is 2.48. The third kappa shape index (κ3) is 3.33. The minimum absolute atomic E-state index is 0.126. The van der Waals surface area contributed by atoms with Gasteiger partial charge in [0.25, 0.3) is 0 Å². The molecular weight excluding hydrogens is 417 g/mol. The summed E-state index contributed by atoms with van der Waals surface area (Å²) in [6.07, 6.45) is 2.66. The van der Waals surface area contributed by atoms with E-state index in [2.05, 4.69) is 32.7 Å². The van der Waals surface area contributed by atoms with Crippen molar-refractivity contribution >= 4 is 32.6 Å². The van der Waals surface area contributed by atoms with Crippen LogP contribution in [0.2, 0.25) is 0 Å². The van der Waals surface area contributed by atoms with Crippen LogP contribution in [0.15, 0.2) is 28.8 Å². The molecule has 1 saturated heterocycles. The standard InChI is InChI=1S/C14H16IN3O3S/c1-22(19,20)18-8-6-10(7-9-18)14-16-13(17-21-14)11-4-2-3-5-12(11)15/h2-5,10H,6-9H2,1H3. The number of halogens is 1. The van der Waals surface area contributed by atoms with Crippen molar-refractivity contribution in [1.29, 1.82) is 0 Å². The molecule has 6 nitrogen and oxygen atoms in total. The lowest BCUT2D eigenvalue weighted by atomic mass is 9.98. The lowest BCUT2D eigenvalue weighted by Crippen LogP contribution is -2.37. The van der Waals surface area contributed by atoms with Crippen LogP contribution in [0.25, 0.3) is 11.4 Å². The summed E-state index contributed by atoms with van der Waals surface area (Å²) in [6.45, 7) is 1.01. The number of hydrogen-bond donors (Lipinski definition) is 0. The topological polar surface area (TPSA) is 76.3 Å². The van der Waals surface area contributed by atoms with Crippen LogP contribution >= 0.6 is 22.6 Å². The van der Waals surface area contributed by atoms with E-state index in [0.29, 0.717) is 37.6 Å². The first kappa shape index (κ1) is 15.9. The fraction of sp³-hybridized carbons (Fsp3) is 0.429. The van der Waals surface area contributed by atoms with Gasteiger partial charge in [-0.3, -0.25) is 0 Å². The van der Waals surface area contributed by atoms with Gasteiger partial charge >= 0.3 is 0 Å². The van der Waals surface area contributed by atoms with E-state index < -0.39 is 10.0 Å². The Morgan fingerprint density at radius 1 is 1.27 bits per heavy atom. The molecule has 0 atom stereocenters. The molecule has 22 heavy (non-hydrogen) atoms. The summed E-state index contributed by atoms with van der Waals surface area (Å²) in [5, 5.41) is 4.07. The Hall–Kier alpha value is -1.00. The van der Waals surface area contributed by atoms with Gasteiger partial charge in [-0.2, -0.15) is 4.98 Å². The van der Waals surface area contributed by atoms with E-state index in [9.17, 15) is 8.42 Å². The van der Waals surface area contributed by atoms with E-state index in [4.69, 9.17) is 4.52 Å². The summed E-state index contributed by atoms with van der Waals surface area (Å²) in [7, 11) is -3.11. The molecule has 2 aromatic rings. The molecule has 1 aliphatic rings. The second kappa shape index (κ2) is 6.25. The monoisotopic (exact) mass is 433 g/mol. The van der Waals surface area contributed by atoms with Crippen molar-refractivity contribution in [3.05, 3.63) is 33.7 Å². The molecular formula is C14H16IN3O3S. The second-order valence-corrected chi connectivity index (χ2v) is 8.52. The first-order valence-electron chi connectivity index (χ1n) is 6.99. The fourth-order valence-electron chi connectivity index (χ4n) is 2.59. The summed E-state index contributed by atoms with van der Waals surface area (Å²) in [4.78, 5) is 4.50. The molecule has 1 aromatic carbocycles. The largest absolute Gasteiger partial charge is 0.339 e. The number of nitrogens with zero attached hydrogens (tertiary/aromatic N) is 3. The van der Waals surface area contributed by atoms with Gasteiger partial charge in [-0.1, -0.05) is 17.3 Å². The molecule has 1 aromatic heterocycles. The molecule has 0 aliphatic carbocycles. The molecule has 0 bridgehead atoms. The zero-order valence-electron chi connectivity index (χ0n) is 12.1. The Bertz CT molecular complexity index is 767. The van der Waals surface area contributed by atoms with Crippen LogP contribution < -0.4 is 0 Å². The number of sulfonamides is 1. The number of hydrogen-bond acceptors (Lipinski definition) is 5. The van der Waals surface area contributed by atoms with Crippen molar-refractivity contribution < 1.29 is 12.9 Å². The zero-order chi connectivity index (χ0) is 15.7. The Balaban J connectivity index is 1.75. The number of aromatic nitrogens is 2. The minimum atomic E-state index is -3.11. The van der Waals surface area contributed by atoms with Gasteiger partial charge in [-0.15, -0.1) is 0 Å². The van der Waals surface area contributed by atoms with Crippen molar-refractivity contribution in [3.8, 4) is 11.4 Å². The third-order valence-corrected chi connectivity index (χ3v) is 6.07. The average Bonchev–Trinajstić information content (AvgIpc) is 2.96. The van der Waals surface area contributed by atoms with Crippen LogP contribution in [0.5, 0.6) is 0 Å². The Labute approximate surface area is 143 Å². The predicted molar refractivity (Wildman–Crippen MR) is 90.8 cm³/mol. The smallest absolute Gasteiger partial charge is 0.230 e. The van der Waals surface area contributed by atoms with E-state index in [-0.39, 0.29) is 5.92 Å². The molecule has 0 saturated carbocycles. The fourth-order valence-corrected chi connectivity index (χ4v) is 4.09. The molecule has 118 valence electrons. The van der Waals surface area contributed by atoms with Crippen LogP contribution in [0.1, 0.15) is 24.7 Å². The maximum atomic E-state index is 11.5. The van der Waals surface area contributed by atoms with Crippen molar-refractivity contribution in [1.82, 2.24) is 14.4 Å². The number of piperidine rings is 1. The van der Waals surface area contributed by atoms with Gasteiger partial charge in [0.05, 0.1) is 6.26 Å². The molecule has 0 unspecified atom stereocenters. The Morgan fingerprint density at radius 3 is 2.59 bits per heavy atom. The van der Waals surface area contributed by atoms with Crippen LogP contribution in [0.3, 0.4) is 0 Å². The minimum Gasteiger partial charge on any atom is -0.339 e. The van der Waals surface area contributed by atoms with E-state index in [1.54, 1.807) is 0 Å². The lowest BCUT2D eigenvalue weighted by Gasteiger charge is -2.28. The van der Waals surface area contributed by atoms with E-state index in [0.717, 1.165) is 9.13 Å². The summed E-state index contributed by atoms with van der Waals surface area (Å²) in [5.74, 6) is 1.31. The van der Waals surface area contributed by atoms with Gasteiger partial charge < -0.3 is 4.52 Å². The van der Waals surface area contributed by atoms with Crippen LogP contribution in [0.4, 0.5) is 0 Å². The van der Waals surface area contributed by atoms with Crippen molar-refractivity contribution in [3.63, 3.8) is 0 Å². The molecule has 3 rings (SSSR count).